The summed E-state index contributed by atoms with van der Waals surface area (Å²) in [6, 6.07) is 13.9. The van der Waals surface area contributed by atoms with Gasteiger partial charge in [-0.1, -0.05) is 6.07 Å². The van der Waals surface area contributed by atoms with E-state index < -0.39 is 23.4 Å². The zero-order valence-electron chi connectivity index (χ0n) is 20.2. The second-order valence-corrected chi connectivity index (χ2v) is 9.37. The molecule has 4 heterocycles. The number of benzene rings is 1. The highest BCUT2D eigenvalue weighted by molar-refractivity contribution is 5.86. The molecule has 1 aromatic carbocycles. The van der Waals surface area contributed by atoms with Crippen LogP contribution in [0.3, 0.4) is 0 Å². The van der Waals surface area contributed by atoms with Crippen molar-refractivity contribution in [2.45, 2.75) is 39.3 Å². The molecule has 10 nitrogen and oxygen atoms in total. The lowest BCUT2D eigenvalue weighted by molar-refractivity contribution is 0.0537. The zero-order valence-corrected chi connectivity index (χ0v) is 20.2. The Morgan fingerprint density at radius 3 is 2.64 bits per heavy atom. The SMILES string of the molecule is C[C@H](c1cccnc1)n1c(=O)n(C(=O)OC(C)(C)C)c2ccc(-n3cnc4ccc(C#N)cc43)nc21. The smallest absolute Gasteiger partial charge is 0.423 e. The van der Waals surface area contributed by atoms with Gasteiger partial charge < -0.3 is 4.74 Å². The zero-order chi connectivity index (χ0) is 25.6. The van der Waals surface area contributed by atoms with E-state index in [1.54, 1.807) is 80.5 Å². The second kappa shape index (κ2) is 8.46. The first kappa shape index (κ1) is 23.0. The van der Waals surface area contributed by atoms with E-state index in [0.29, 0.717) is 33.6 Å². The van der Waals surface area contributed by atoms with Crippen LogP contribution in [0.15, 0.2) is 66.0 Å². The van der Waals surface area contributed by atoms with Gasteiger partial charge in [0.25, 0.3) is 0 Å². The van der Waals surface area contributed by atoms with Crippen LogP contribution in [0.4, 0.5) is 4.79 Å². The molecule has 180 valence electrons. The average molecular weight is 482 g/mol. The van der Waals surface area contributed by atoms with Crippen LogP contribution in [0.25, 0.3) is 28.0 Å². The molecule has 1 atom stereocenters. The molecule has 5 aromatic rings. The van der Waals surface area contributed by atoms with Crippen LogP contribution in [0, 0.1) is 11.3 Å². The molecule has 0 radical (unpaired) electrons. The quantitative estimate of drug-likeness (QED) is 0.379. The van der Waals surface area contributed by atoms with Gasteiger partial charge in [-0.2, -0.15) is 9.83 Å². The molecule has 0 amide bonds. The van der Waals surface area contributed by atoms with Crippen molar-refractivity contribution in [1.29, 1.82) is 5.26 Å². The number of carbonyl (C=O) groups is 1. The molecule has 0 unspecified atom stereocenters. The summed E-state index contributed by atoms with van der Waals surface area (Å²) in [6.45, 7) is 7.06. The van der Waals surface area contributed by atoms with Crippen LogP contribution in [0.2, 0.25) is 0 Å². The van der Waals surface area contributed by atoms with E-state index in [9.17, 15) is 14.9 Å². The standard InChI is InChI=1S/C26H23N7O3/c1-16(18-6-5-11-28-14-18)32-23-20(33(24(32)34)25(35)36-26(2,3)4)9-10-22(30-23)31-15-29-19-8-7-17(13-27)12-21(19)31/h5-12,14-16H,1-4H3/t16-/m1/s1. The first-order valence-electron chi connectivity index (χ1n) is 11.3. The molecule has 10 heteroatoms. The van der Waals surface area contributed by atoms with Crippen LogP contribution in [-0.4, -0.2) is 40.3 Å². The Morgan fingerprint density at radius 2 is 1.94 bits per heavy atom. The molecule has 0 spiro atoms. The molecule has 0 N–H and O–H groups in total. The Bertz CT molecular complexity index is 1720. The van der Waals surface area contributed by atoms with E-state index in [1.807, 2.05) is 13.0 Å². The van der Waals surface area contributed by atoms with Crippen molar-refractivity contribution in [3.63, 3.8) is 0 Å². The summed E-state index contributed by atoms with van der Waals surface area (Å²) in [6.07, 6.45) is 4.15. The van der Waals surface area contributed by atoms with E-state index in [0.717, 1.165) is 10.1 Å². The first-order valence-corrected chi connectivity index (χ1v) is 11.3. The highest BCUT2D eigenvalue weighted by Gasteiger charge is 2.27. The van der Waals surface area contributed by atoms with E-state index in [2.05, 4.69) is 16.0 Å². The first-order chi connectivity index (χ1) is 17.2. The summed E-state index contributed by atoms with van der Waals surface area (Å²) < 4.78 is 9.72. The second-order valence-electron chi connectivity index (χ2n) is 9.37. The minimum absolute atomic E-state index is 0.304. The van der Waals surface area contributed by atoms with Gasteiger partial charge in [0.2, 0.25) is 0 Å². The number of nitriles is 1. The molecule has 36 heavy (non-hydrogen) atoms. The highest BCUT2D eigenvalue weighted by atomic mass is 16.6. The van der Waals surface area contributed by atoms with Gasteiger partial charge in [0.05, 0.1) is 28.7 Å². The van der Waals surface area contributed by atoms with Crippen molar-refractivity contribution in [2.24, 2.45) is 0 Å². The van der Waals surface area contributed by atoms with Crippen LogP contribution in [-0.2, 0) is 4.74 Å². The van der Waals surface area contributed by atoms with Gasteiger partial charge in [0, 0.05) is 12.4 Å². The van der Waals surface area contributed by atoms with Gasteiger partial charge in [-0.15, -0.1) is 0 Å². The van der Waals surface area contributed by atoms with Crippen molar-refractivity contribution in [1.82, 2.24) is 28.7 Å². The summed E-state index contributed by atoms with van der Waals surface area (Å²) in [5.41, 5.74) is 1.92. The minimum Gasteiger partial charge on any atom is -0.443 e. The molecule has 5 rings (SSSR count). The summed E-state index contributed by atoms with van der Waals surface area (Å²) in [7, 11) is 0. The number of hydrogen-bond acceptors (Lipinski definition) is 7. The molecule has 0 aliphatic rings. The number of nitrogens with zero attached hydrogens (tertiary/aromatic N) is 7. The third-order valence-corrected chi connectivity index (χ3v) is 5.76. The number of carbonyl (C=O) groups excluding carboxylic acids is 1. The Morgan fingerprint density at radius 1 is 1.14 bits per heavy atom. The van der Waals surface area contributed by atoms with Crippen LogP contribution in [0.1, 0.15) is 44.9 Å². The largest absolute Gasteiger partial charge is 0.443 e. The van der Waals surface area contributed by atoms with Crippen molar-refractivity contribution >= 4 is 28.3 Å². The van der Waals surface area contributed by atoms with Crippen molar-refractivity contribution in [3.8, 4) is 11.9 Å². The predicted molar refractivity (Wildman–Crippen MR) is 133 cm³/mol. The molecule has 4 aromatic heterocycles. The summed E-state index contributed by atoms with van der Waals surface area (Å²) in [4.78, 5) is 40.1. The average Bonchev–Trinajstić information content (AvgIpc) is 3.40. The number of aromatic nitrogens is 6. The minimum atomic E-state index is -0.790. The lowest BCUT2D eigenvalue weighted by Crippen LogP contribution is -2.35. The Labute approximate surface area is 206 Å². The Balaban J connectivity index is 1.76. The van der Waals surface area contributed by atoms with Crippen molar-refractivity contribution < 1.29 is 9.53 Å². The molecule has 0 fully saturated rings. The van der Waals surface area contributed by atoms with Gasteiger partial charge in [-0.3, -0.25) is 14.1 Å². The van der Waals surface area contributed by atoms with E-state index >= 15 is 0 Å². The fourth-order valence-corrected chi connectivity index (χ4v) is 4.08. The molecular formula is C26H23N7O3. The predicted octanol–water partition coefficient (Wildman–Crippen LogP) is 4.20. The number of hydrogen-bond donors (Lipinski definition) is 0. The number of imidazole rings is 2. The molecule has 0 saturated carbocycles. The fraction of sp³-hybridized carbons (Fsp3) is 0.231. The normalized spacial score (nSPS) is 12.5. The Kier molecular flexibility index (Phi) is 5.40. The summed E-state index contributed by atoms with van der Waals surface area (Å²) in [5, 5.41) is 9.32. The van der Waals surface area contributed by atoms with Gasteiger partial charge in [0.1, 0.15) is 23.3 Å². The van der Waals surface area contributed by atoms with Gasteiger partial charge in [0.15, 0.2) is 5.65 Å². The lowest BCUT2D eigenvalue weighted by Gasteiger charge is -2.19. The summed E-state index contributed by atoms with van der Waals surface area (Å²) in [5.74, 6) is 0.480. The molecule has 0 aliphatic carbocycles. The highest BCUT2D eigenvalue weighted by Crippen LogP contribution is 2.25. The van der Waals surface area contributed by atoms with Gasteiger partial charge in [-0.25, -0.2) is 19.6 Å². The number of fused-ring (bicyclic) bond motifs is 2. The third kappa shape index (κ3) is 3.90. The Hall–Kier alpha value is -4.78. The van der Waals surface area contributed by atoms with Crippen LogP contribution < -0.4 is 5.69 Å². The van der Waals surface area contributed by atoms with Gasteiger partial charge in [-0.05, 0) is 69.7 Å². The molecule has 0 bridgehead atoms. The van der Waals surface area contributed by atoms with E-state index in [4.69, 9.17) is 9.72 Å². The number of pyridine rings is 2. The van der Waals surface area contributed by atoms with Crippen LogP contribution >= 0.6 is 0 Å². The number of rotatable bonds is 3. The molecule has 0 saturated heterocycles. The maximum Gasteiger partial charge on any atom is 0.423 e. The fourth-order valence-electron chi connectivity index (χ4n) is 4.08. The third-order valence-electron chi connectivity index (χ3n) is 5.76. The maximum atomic E-state index is 13.6. The van der Waals surface area contributed by atoms with E-state index in [-0.39, 0.29) is 0 Å². The molecular weight excluding hydrogens is 458 g/mol. The lowest BCUT2D eigenvalue weighted by atomic mass is 10.1. The van der Waals surface area contributed by atoms with Gasteiger partial charge >= 0.3 is 11.8 Å². The molecule has 0 aliphatic heterocycles. The van der Waals surface area contributed by atoms with Crippen molar-refractivity contribution in [2.75, 3.05) is 0 Å². The summed E-state index contributed by atoms with van der Waals surface area (Å²) >= 11 is 0. The maximum absolute atomic E-state index is 13.6. The topological polar surface area (TPSA) is 121 Å². The monoisotopic (exact) mass is 481 g/mol. The van der Waals surface area contributed by atoms with Crippen molar-refractivity contribution in [3.05, 3.63) is 82.8 Å². The van der Waals surface area contributed by atoms with E-state index in [1.165, 1.54) is 4.57 Å². The number of ether oxygens (including phenoxy) is 1. The van der Waals surface area contributed by atoms with Crippen LogP contribution in [0.5, 0.6) is 0 Å².